The van der Waals surface area contributed by atoms with E-state index in [4.69, 9.17) is 5.73 Å². The molecule has 2 aromatic heterocycles. The van der Waals surface area contributed by atoms with Crippen molar-refractivity contribution in [1.29, 1.82) is 0 Å². The molecule has 0 radical (unpaired) electrons. The highest BCUT2D eigenvalue weighted by molar-refractivity contribution is 7.09. The number of nitrogen functional groups attached to an aromatic ring is 1. The molecule has 0 fully saturated rings. The second-order valence-electron chi connectivity index (χ2n) is 3.90. The standard InChI is InChI=1S/C12H10N4OS/c13-12-9(14-15-18-12)7-16-10-4-2-1-3-8(10)5-6-11(16)17/h1-6H,7,13H2. The van der Waals surface area contributed by atoms with Crippen LogP contribution < -0.4 is 11.3 Å². The van der Waals surface area contributed by atoms with Gasteiger partial charge in [0.1, 0.15) is 10.7 Å². The lowest BCUT2D eigenvalue weighted by Crippen LogP contribution is -2.20. The summed E-state index contributed by atoms with van der Waals surface area (Å²) < 4.78 is 5.43. The molecule has 0 amide bonds. The molecule has 0 saturated carbocycles. The van der Waals surface area contributed by atoms with Gasteiger partial charge in [-0.25, -0.2) is 0 Å². The van der Waals surface area contributed by atoms with Crippen LogP contribution in [0.15, 0.2) is 41.2 Å². The smallest absolute Gasteiger partial charge is 0.251 e. The monoisotopic (exact) mass is 258 g/mol. The Morgan fingerprint density at radius 1 is 1.22 bits per heavy atom. The Balaban J connectivity index is 2.19. The van der Waals surface area contributed by atoms with Gasteiger partial charge in [0.15, 0.2) is 0 Å². The fourth-order valence-corrected chi connectivity index (χ4v) is 2.32. The topological polar surface area (TPSA) is 73.8 Å². The molecule has 0 atom stereocenters. The summed E-state index contributed by atoms with van der Waals surface area (Å²) in [6, 6.07) is 11.1. The predicted octanol–water partition coefficient (Wildman–Crippen LogP) is 1.48. The minimum absolute atomic E-state index is 0.0684. The first-order valence-electron chi connectivity index (χ1n) is 5.41. The first-order valence-corrected chi connectivity index (χ1v) is 6.18. The molecule has 0 aliphatic rings. The van der Waals surface area contributed by atoms with Crippen molar-refractivity contribution in [3.05, 3.63) is 52.4 Å². The van der Waals surface area contributed by atoms with Crippen LogP contribution in [0.3, 0.4) is 0 Å². The van der Waals surface area contributed by atoms with E-state index in [1.165, 1.54) is 0 Å². The molecule has 2 heterocycles. The third-order valence-corrected chi connectivity index (χ3v) is 3.39. The number of aromatic nitrogens is 3. The van der Waals surface area contributed by atoms with Crippen molar-refractivity contribution in [2.24, 2.45) is 0 Å². The molecule has 2 N–H and O–H groups in total. The van der Waals surface area contributed by atoms with Crippen molar-refractivity contribution in [3.8, 4) is 0 Å². The molecule has 3 rings (SSSR count). The SMILES string of the molecule is Nc1snnc1Cn1c(=O)ccc2ccccc21. The molecule has 0 spiro atoms. The molecule has 3 aromatic rings. The molecule has 0 aliphatic heterocycles. The van der Waals surface area contributed by atoms with Crippen LogP contribution in [0.5, 0.6) is 0 Å². The number of para-hydroxylation sites is 1. The normalized spacial score (nSPS) is 10.9. The second kappa shape index (κ2) is 4.23. The number of pyridine rings is 1. The highest BCUT2D eigenvalue weighted by Crippen LogP contribution is 2.16. The van der Waals surface area contributed by atoms with E-state index in [9.17, 15) is 4.79 Å². The summed E-state index contributed by atoms with van der Waals surface area (Å²) in [5.74, 6) is 0. The first-order chi connectivity index (χ1) is 8.75. The van der Waals surface area contributed by atoms with Crippen molar-refractivity contribution >= 4 is 27.4 Å². The number of anilines is 1. The van der Waals surface area contributed by atoms with Gasteiger partial charge in [0.2, 0.25) is 0 Å². The second-order valence-corrected chi connectivity index (χ2v) is 4.69. The number of fused-ring (bicyclic) bond motifs is 1. The van der Waals surface area contributed by atoms with Gasteiger partial charge in [-0.1, -0.05) is 22.7 Å². The van der Waals surface area contributed by atoms with Crippen molar-refractivity contribution in [1.82, 2.24) is 14.2 Å². The molecule has 5 nitrogen and oxygen atoms in total. The lowest BCUT2D eigenvalue weighted by Gasteiger charge is -2.08. The summed E-state index contributed by atoms with van der Waals surface area (Å²) in [5.41, 5.74) is 7.20. The van der Waals surface area contributed by atoms with Gasteiger partial charge in [0, 0.05) is 17.6 Å². The van der Waals surface area contributed by atoms with Crippen molar-refractivity contribution in [3.63, 3.8) is 0 Å². The molecule has 0 aliphatic carbocycles. The molecule has 1 aromatic carbocycles. The Bertz CT molecular complexity index is 762. The molecule has 0 saturated heterocycles. The van der Waals surface area contributed by atoms with Crippen LogP contribution in [0.2, 0.25) is 0 Å². The third-order valence-electron chi connectivity index (χ3n) is 2.79. The van der Waals surface area contributed by atoms with Crippen molar-refractivity contribution in [2.45, 2.75) is 6.54 Å². The Morgan fingerprint density at radius 3 is 2.83 bits per heavy atom. The minimum Gasteiger partial charge on any atom is -0.388 e. The molecule has 90 valence electrons. The number of hydrogen-bond acceptors (Lipinski definition) is 5. The van der Waals surface area contributed by atoms with Gasteiger partial charge in [0.05, 0.1) is 12.1 Å². The van der Waals surface area contributed by atoms with Crippen molar-refractivity contribution < 1.29 is 0 Å². The lowest BCUT2D eigenvalue weighted by molar-refractivity contribution is 0.768. The maximum absolute atomic E-state index is 11.9. The third kappa shape index (κ3) is 1.76. The highest BCUT2D eigenvalue weighted by Gasteiger charge is 2.08. The summed E-state index contributed by atoms with van der Waals surface area (Å²) >= 11 is 1.14. The van der Waals surface area contributed by atoms with E-state index in [1.54, 1.807) is 10.6 Å². The van der Waals surface area contributed by atoms with E-state index >= 15 is 0 Å². The quantitative estimate of drug-likeness (QED) is 0.755. The molecule has 0 bridgehead atoms. The molecular formula is C12H10N4OS. The lowest BCUT2D eigenvalue weighted by atomic mass is 10.2. The van der Waals surface area contributed by atoms with Crippen LogP contribution in [0.4, 0.5) is 5.00 Å². The summed E-state index contributed by atoms with van der Waals surface area (Å²) in [7, 11) is 0. The zero-order valence-electron chi connectivity index (χ0n) is 9.41. The summed E-state index contributed by atoms with van der Waals surface area (Å²) in [6.07, 6.45) is 0. The van der Waals surface area contributed by atoms with Crippen LogP contribution in [-0.4, -0.2) is 14.2 Å². The number of benzene rings is 1. The van der Waals surface area contributed by atoms with Gasteiger partial charge < -0.3 is 10.3 Å². The Hall–Kier alpha value is -2.21. The summed E-state index contributed by atoms with van der Waals surface area (Å²) in [5, 5.41) is 5.51. The van der Waals surface area contributed by atoms with Crippen LogP contribution in [0, 0.1) is 0 Å². The zero-order valence-corrected chi connectivity index (χ0v) is 10.2. The van der Waals surface area contributed by atoms with E-state index in [0.29, 0.717) is 17.2 Å². The van der Waals surface area contributed by atoms with Gasteiger partial charge in [0.25, 0.3) is 5.56 Å². The summed E-state index contributed by atoms with van der Waals surface area (Å²) in [6.45, 7) is 0.350. The molecule has 6 heteroatoms. The van der Waals surface area contributed by atoms with E-state index in [-0.39, 0.29) is 5.56 Å². The van der Waals surface area contributed by atoms with E-state index in [1.807, 2.05) is 30.3 Å². The molecular weight excluding hydrogens is 248 g/mol. The highest BCUT2D eigenvalue weighted by atomic mass is 32.1. The zero-order chi connectivity index (χ0) is 12.5. The van der Waals surface area contributed by atoms with E-state index in [2.05, 4.69) is 9.59 Å². The van der Waals surface area contributed by atoms with Gasteiger partial charge in [-0.05, 0) is 17.5 Å². The van der Waals surface area contributed by atoms with Gasteiger partial charge in [-0.15, -0.1) is 5.10 Å². The van der Waals surface area contributed by atoms with Crippen LogP contribution in [0.1, 0.15) is 5.69 Å². The molecule has 18 heavy (non-hydrogen) atoms. The minimum atomic E-state index is -0.0684. The largest absolute Gasteiger partial charge is 0.388 e. The molecule has 0 unspecified atom stereocenters. The van der Waals surface area contributed by atoms with Crippen LogP contribution >= 0.6 is 11.5 Å². The Morgan fingerprint density at radius 2 is 2.06 bits per heavy atom. The number of hydrogen-bond donors (Lipinski definition) is 1. The van der Waals surface area contributed by atoms with E-state index < -0.39 is 0 Å². The number of nitrogens with zero attached hydrogens (tertiary/aromatic N) is 3. The fourth-order valence-electron chi connectivity index (χ4n) is 1.88. The van der Waals surface area contributed by atoms with Gasteiger partial charge in [-0.3, -0.25) is 4.79 Å². The Labute approximate surface area is 107 Å². The van der Waals surface area contributed by atoms with Gasteiger partial charge in [-0.2, -0.15) is 0 Å². The average Bonchev–Trinajstić information content (AvgIpc) is 2.79. The predicted molar refractivity (Wildman–Crippen MR) is 71.6 cm³/mol. The van der Waals surface area contributed by atoms with Crippen molar-refractivity contribution in [2.75, 3.05) is 5.73 Å². The van der Waals surface area contributed by atoms with E-state index in [0.717, 1.165) is 22.4 Å². The number of nitrogens with two attached hydrogens (primary N) is 1. The van der Waals surface area contributed by atoms with Gasteiger partial charge >= 0.3 is 0 Å². The van der Waals surface area contributed by atoms with Crippen LogP contribution in [-0.2, 0) is 6.54 Å². The fraction of sp³-hybridized carbons (Fsp3) is 0.0833. The first kappa shape index (κ1) is 10.9. The summed E-state index contributed by atoms with van der Waals surface area (Å²) in [4.78, 5) is 11.9. The van der Waals surface area contributed by atoms with Crippen LogP contribution in [0.25, 0.3) is 10.9 Å². The number of rotatable bonds is 2. The average molecular weight is 258 g/mol. The maximum Gasteiger partial charge on any atom is 0.251 e. The Kier molecular flexibility index (Phi) is 2.56. The maximum atomic E-state index is 11.9.